The van der Waals surface area contributed by atoms with Gasteiger partial charge in [-0.25, -0.2) is 4.39 Å². The van der Waals surface area contributed by atoms with Gasteiger partial charge in [-0.05, 0) is 12.1 Å². The highest BCUT2D eigenvalue weighted by Crippen LogP contribution is 2.14. The van der Waals surface area contributed by atoms with Gasteiger partial charge in [-0.2, -0.15) is 0 Å². The molecule has 0 amide bonds. The maximum atomic E-state index is 12.6. The van der Waals surface area contributed by atoms with Crippen molar-refractivity contribution >= 4 is 23.2 Å². The summed E-state index contributed by atoms with van der Waals surface area (Å²) in [6, 6.07) is 5.81. The summed E-state index contributed by atoms with van der Waals surface area (Å²) in [5.41, 5.74) is 1.21. The summed E-state index contributed by atoms with van der Waals surface area (Å²) in [5, 5.41) is 0.367. The van der Waals surface area contributed by atoms with Crippen LogP contribution in [0.5, 0.6) is 5.75 Å². The first-order chi connectivity index (χ1) is 6.22. The lowest BCUT2D eigenvalue weighted by molar-refractivity contribution is 0.357. The second-order valence-corrected chi connectivity index (χ2v) is 3.01. The van der Waals surface area contributed by atoms with Crippen LogP contribution in [-0.4, -0.2) is 6.61 Å². The number of benzene rings is 1. The van der Waals surface area contributed by atoms with Crippen LogP contribution in [0, 0.1) is 5.82 Å². The van der Waals surface area contributed by atoms with Gasteiger partial charge in [-0.15, -0.1) is 0 Å². The van der Waals surface area contributed by atoms with Gasteiger partial charge in [0.2, 0.25) is 0 Å². The van der Waals surface area contributed by atoms with Crippen molar-refractivity contribution in [2.24, 2.45) is 0 Å². The largest absolute Gasteiger partial charge is 0.488 e. The van der Waals surface area contributed by atoms with Crippen molar-refractivity contribution in [3.63, 3.8) is 0 Å². The highest BCUT2D eigenvalue weighted by Gasteiger charge is 1.96. The fraction of sp³-hybridized carbons (Fsp3) is 0.111. The van der Waals surface area contributed by atoms with Gasteiger partial charge >= 0.3 is 0 Å². The van der Waals surface area contributed by atoms with Gasteiger partial charge in [-0.1, -0.05) is 29.3 Å². The number of halogens is 3. The van der Waals surface area contributed by atoms with Crippen molar-refractivity contribution in [2.45, 2.75) is 0 Å². The van der Waals surface area contributed by atoms with Crippen molar-refractivity contribution in [3.05, 3.63) is 40.7 Å². The molecule has 1 aromatic carbocycles. The SMILES string of the molecule is Fc1cccc(OC/C(Cl)=C/Cl)c1. The van der Waals surface area contributed by atoms with E-state index < -0.39 is 0 Å². The van der Waals surface area contributed by atoms with E-state index in [9.17, 15) is 4.39 Å². The molecule has 0 bridgehead atoms. The van der Waals surface area contributed by atoms with Crippen LogP contribution in [0.2, 0.25) is 0 Å². The van der Waals surface area contributed by atoms with Crippen molar-refractivity contribution in [1.82, 2.24) is 0 Å². The first kappa shape index (κ1) is 10.4. The van der Waals surface area contributed by atoms with E-state index in [0.29, 0.717) is 10.8 Å². The molecule has 0 radical (unpaired) electrons. The Bertz CT molecular complexity index is 312. The smallest absolute Gasteiger partial charge is 0.126 e. The maximum absolute atomic E-state index is 12.6. The van der Waals surface area contributed by atoms with E-state index in [0.717, 1.165) is 0 Å². The van der Waals surface area contributed by atoms with Crippen LogP contribution in [0.3, 0.4) is 0 Å². The molecule has 0 saturated heterocycles. The van der Waals surface area contributed by atoms with E-state index in [4.69, 9.17) is 27.9 Å². The Labute approximate surface area is 85.7 Å². The molecule has 0 aliphatic rings. The van der Waals surface area contributed by atoms with Crippen LogP contribution >= 0.6 is 23.2 Å². The van der Waals surface area contributed by atoms with Crippen molar-refractivity contribution < 1.29 is 9.13 Å². The standard InChI is InChI=1S/C9H7Cl2FO/c10-5-7(11)6-13-9-3-1-2-8(12)4-9/h1-5H,6H2/b7-5-. The molecule has 0 saturated carbocycles. The fourth-order valence-corrected chi connectivity index (χ4v) is 0.858. The van der Waals surface area contributed by atoms with Gasteiger partial charge in [0.15, 0.2) is 0 Å². The van der Waals surface area contributed by atoms with Gasteiger partial charge in [0.1, 0.15) is 18.2 Å². The fourth-order valence-electron chi connectivity index (χ4n) is 0.741. The van der Waals surface area contributed by atoms with Crippen molar-refractivity contribution in [1.29, 1.82) is 0 Å². The molecule has 0 aliphatic carbocycles. The molecular formula is C9H7Cl2FO. The molecule has 1 rings (SSSR count). The Morgan fingerprint density at radius 2 is 2.31 bits per heavy atom. The first-order valence-electron chi connectivity index (χ1n) is 3.55. The number of ether oxygens (including phenoxy) is 1. The second kappa shape index (κ2) is 5.10. The van der Waals surface area contributed by atoms with Crippen LogP contribution in [0.4, 0.5) is 4.39 Å². The first-order valence-corrected chi connectivity index (χ1v) is 4.37. The normalized spacial score (nSPS) is 11.5. The van der Waals surface area contributed by atoms with Crippen molar-refractivity contribution in [3.8, 4) is 5.75 Å². The molecule has 0 fully saturated rings. The third-order valence-electron chi connectivity index (χ3n) is 1.29. The van der Waals surface area contributed by atoms with Crippen LogP contribution in [0.15, 0.2) is 34.8 Å². The minimum atomic E-state index is -0.344. The summed E-state index contributed by atoms with van der Waals surface area (Å²) in [6.07, 6.45) is 0. The Hall–Kier alpha value is -0.730. The van der Waals surface area contributed by atoms with E-state index in [1.165, 1.54) is 17.7 Å². The molecule has 0 heterocycles. The predicted octanol–water partition coefficient (Wildman–Crippen LogP) is 3.52. The Morgan fingerprint density at radius 1 is 1.54 bits per heavy atom. The van der Waals surface area contributed by atoms with Crippen LogP contribution in [0.1, 0.15) is 0 Å². The lowest BCUT2D eigenvalue weighted by Crippen LogP contribution is -1.96. The molecule has 13 heavy (non-hydrogen) atoms. The molecule has 0 aromatic heterocycles. The van der Waals surface area contributed by atoms with E-state index in [2.05, 4.69) is 0 Å². The summed E-state index contributed by atoms with van der Waals surface area (Å²) in [6.45, 7) is 0.147. The lowest BCUT2D eigenvalue weighted by Gasteiger charge is -2.03. The zero-order valence-corrected chi connectivity index (χ0v) is 8.15. The van der Waals surface area contributed by atoms with Gasteiger partial charge in [-0.3, -0.25) is 0 Å². The molecule has 0 spiro atoms. The second-order valence-electron chi connectivity index (χ2n) is 2.30. The van der Waals surface area contributed by atoms with E-state index in [-0.39, 0.29) is 12.4 Å². The summed E-state index contributed by atoms with van der Waals surface area (Å²) >= 11 is 10.9. The maximum Gasteiger partial charge on any atom is 0.126 e. The summed E-state index contributed by atoms with van der Waals surface area (Å²) in [4.78, 5) is 0. The topological polar surface area (TPSA) is 9.23 Å². The molecule has 0 unspecified atom stereocenters. The number of hydrogen-bond acceptors (Lipinski definition) is 1. The summed E-state index contributed by atoms with van der Waals surface area (Å²) < 4.78 is 17.7. The highest BCUT2D eigenvalue weighted by atomic mass is 35.5. The van der Waals surface area contributed by atoms with E-state index in [1.54, 1.807) is 12.1 Å². The Morgan fingerprint density at radius 3 is 2.92 bits per heavy atom. The van der Waals surface area contributed by atoms with E-state index in [1.807, 2.05) is 0 Å². The minimum Gasteiger partial charge on any atom is -0.488 e. The zero-order valence-electron chi connectivity index (χ0n) is 6.64. The van der Waals surface area contributed by atoms with Gasteiger partial charge in [0.05, 0.1) is 5.03 Å². The summed E-state index contributed by atoms with van der Waals surface area (Å²) in [5.74, 6) is 0.0835. The Kier molecular flexibility index (Phi) is 4.06. The molecular weight excluding hydrogens is 214 g/mol. The molecule has 1 nitrogen and oxygen atoms in total. The molecule has 1 aromatic rings. The zero-order chi connectivity index (χ0) is 9.68. The molecule has 4 heteroatoms. The number of hydrogen-bond donors (Lipinski definition) is 0. The molecule has 0 aliphatic heterocycles. The van der Waals surface area contributed by atoms with Crippen molar-refractivity contribution in [2.75, 3.05) is 6.61 Å². The van der Waals surface area contributed by atoms with Gasteiger partial charge < -0.3 is 4.74 Å². The molecule has 0 atom stereocenters. The highest BCUT2D eigenvalue weighted by molar-refractivity contribution is 6.36. The van der Waals surface area contributed by atoms with Crippen LogP contribution < -0.4 is 4.74 Å². The minimum absolute atomic E-state index is 0.147. The average Bonchev–Trinajstić information content (AvgIpc) is 2.14. The van der Waals surface area contributed by atoms with Crippen LogP contribution in [0.25, 0.3) is 0 Å². The lowest BCUT2D eigenvalue weighted by atomic mass is 10.3. The summed E-state index contributed by atoms with van der Waals surface area (Å²) in [7, 11) is 0. The quantitative estimate of drug-likeness (QED) is 0.758. The monoisotopic (exact) mass is 220 g/mol. The average molecular weight is 221 g/mol. The predicted molar refractivity (Wildman–Crippen MR) is 51.7 cm³/mol. The van der Waals surface area contributed by atoms with Gasteiger partial charge in [0.25, 0.3) is 0 Å². The third kappa shape index (κ3) is 3.66. The van der Waals surface area contributed by atoms with Crippen LogP contribution in [-0.2, 0) is 0 Å². The molecule has 0 N–H and O–H groups in total. The Balaban J connectivity index is 2.55. The third-order valence-corrected chi connectivity index (χ3v) is 1.88. The number of rotatable bonds is 3. The molecule has 70 valence electrons. The van der Waals surface area contributed by atoms with Gasteiger partial charge in [0, 0.05) is 11.6 Å². The van der Waals surface area contributed by atoms with E-state index >= 15 is 0 Å².